The van der Waals surface area contributed by atoms with Crippen LogP contribution in [0.25, 0.3) is 0 Å². The average Bonchev–Trinajstić information content (AvgIpc) is 2.85. The molecule has 19 heavy (non-hydrogen) atoms. The first kappa shape index (κ1) is 13.5. The van der Waals surface area contributed by atoms with Crippen molar-refractivity contribution in [3.63, 3.8) is 0 Å². The number of ketones is 1. The second-order valence-electron chi connectivity index (χ2n) is 5.72. The van der Waals surface area contributed by atoms with Crippen LogP contribution in [0.4, 0.5) is 0 Å². The summed E-state index contributed by atoms with van der Waals surface area (Å²) in [6.07, 6.45) is 3.32. The Labute approximate surface area is 114 Å². The Morgan fingerprint density at radius 2 is 1.84 bits per heavy atom. The van der Waals surface area contributed by atoms with Gasteiger partial charge in [0.2, 0.25) is 5.78 Å². The number of hydrogen-bond donors (Lipinski definition) is 0. The first-order valence-electron chi connectivity index (χ1n) is 6.59. The third-order valence-electron chi connectivity index (χ3n) is 3.30. The summed E-state index contributed by atoms with van der Waals surface area (Å²) in [5, 5.41) is 0. The highest BCUT2D eigenvalue weighted by molar-refractivity contribution is 6.07. The summed E-state index contributed by atoms with van der Waals surface area (Å²) in [6, 6.07) is 7.85. The Balaban J connectivity index is 2.30. The molecule has 0 saturated carbocycles. The molecule has 2 aromatic rings. The van der Waals surface area contributed by atoms with E-state index in [0.717, 1.165) is 6.54 Å². The van der Waals surface area contributed by atoms with Gasteiger partial charge in [-0.15, -0.1) is 0 Å². The zero-order valence-corrected chi connectivity index (χ0v) is 12.0. The van der Waals surface area contributed by atoms with Crippen molar-refractivity contribution in [1.29, 1.82) is 0 Å². The lowest BCUT2D eigenvalue weighted by atomic mass is 9.86. The summed E-state index contributed by atoms with van der Waals surface area (Å²) in [5.74, 6) is 0.0276. The summed E-state index contributed by atoms with van der Waals surface area (Å²) >= 11 is 0. The molecule has 0 aliphatic heterocycles. The van der Waals surface area contributed by atoms with Gasteiger partial charge < -0.3 is 4.57 Å². The van der Waals surface area contributed by atoms with E-state index in [1.807, 2.05) is 35.8 Å². The van der Waals surface area contributed by atoms with E-state index in [9.17, 15) is 4.79 Å². The number of benzene rings is 1. The van der Waals surface area contributed by atoms with Gasteiger partial charge in [0.15, 0.2) is 0 Å². The Bertz CT molecular complexity index is 574. The third kappa shape index (κ3) is 2.75. The highest BCUT2D eigenvalue weighted by atomic mass is 16.1. The largest absolute Gasteiger partial charge is 0.328 e. The Morgan fingerprint density at radius 3 is 2.37 bits per heavy atom. The fraction of sp³-hybridized carbons (Fsp3) is 0.375. The number of carbonyl (C=O) groups is 1. The molecule has 0 spiro atoms. The fourth-order valence-corrected chi connectivity index (χ4v) is 2.03. The van der Waals surface area contributed by atoms with Crippen molar-refractivity contribution in [1.82, 2.24) is 9.55 Å². The monoisotopic (exact) mass is 256 g/mol. The number of aryl methyl sites for hydroxylation is 1. The third-order valence-corrected chi connectivity index (χ3v) is 3.30. The van der Waals surface area contributed by atoms with E-state index in [0.29, 0.717) is 11.3 Å². The topological polar surface area (TPSA) is 34.9 Å². The molecule has 100 valence electrons. The molecule has 0 saturated heterocycles. The summed E-state index contributed by atoms with van der Waals surface area (Å²) < 4.78 is 1.86. The van der Waals surface area contributed by atoms with Crippen molar-refractivity contribution in [3.05, 3.63) is 53.6 Å². The van der Waals surface area contributed by atoms with Crippen LogP contribution in [-0.2, 0) is 12.0 Å². The minimum atomic E-state index is 0.0276. The van der Waals surface area contributed by atoms with Gasteiger partial charge in [-0.25, -0.2) is 4.98 Å². The van der Waals surface area contributed by atoms with Crippen LogP contribution in [0.2, 0.25) is 0 Å². The van der Waals surface area contributed by atoms with Crippen molar-refractivity contribution >= 4 is 5.78 Å². The van der Waals surface area contributed by atoms with Crippen molar-refractivity contribution in [2.75, 3.05) is 0 Å². The fourth-order valence-electron chi connectivity index (χ4n) is 2.03. The predicted molar refractivity (Wildman–Crippen MR) is 76.5 cm³/mol. The van der Waals surface area contributed by atoms with Gasteiger partial charge >= 0.3 is 0 Å². The molecule has 0 fully saturated rings. The Hall–Kier alpha value is -1.90. The van der Waals surface area contributed by atoms with Crippen molar-refractivity contribution in [2.45, 2.75) is 39.7 Å². The van der Waals surface area contributed by atoms with Crippen LogP contribution in [0.5, 0.6) is 0 Å². The van der Waals surface area contributed by atoms with Crippen LogP contribution in [-0.4, -0.2) is 15.3 Å². The van der Waals surface area contributed by atoms with Gasteiger partial charge in [-0.1, -0.05) is 45.0 Å². The van der Waals surface area contributed by atoms with Crippen molar-refractivity contribution < 1.29 is 4.79 Å². The molecule has 0 atom stereocenters. The zero-order chi connectivity index (χ0) is 14.0. The molecule has 1 aromatic heterocycles. The van der Waals surface area contributed by atoms with Crippen molar-refractivity contribution in [3.8, 4) is 0 Å². The molecule has 0 radical (unpaired) electrons. The van der Waals surface area contributed by atoms with Crippen LogP contribution in [0, 0.1) is 0 Å². The lowest BCUT2D eigenvalue weighted by Crippen LogP contribution is -2.12. The highest BCUT2D eigenvalue weighted by Gasteiger charge is 2.16. The smallest absolute Gasteiger partial charge is 0.211 e. The molecule has 0 aliphatic carbocycles. The molecular formula is C16H20N2O. The van der Waals surface area contributed by atoms with E-state index >= 15 is 0 Å². The van der Waals surface area contributed by atoms with Crippen LogP contribution in [0.1, 0.15) is 49.3 Å². The predicted octanol–water partition coefficient (Wildman–Crippen LogP) is 3.43. The van der Waals surface area contributed by atoms with Gasteiger partial charge in [0, 0.05) is 12.1 Å². The van der Waals surface area contributed by atoms with Gasteiger partial charge in [-0.3, -0.25) is 4.79 Å². The molecule has 1 aromatic carbocycles. The first-order valence-corrected chi connectivity index (χ1v) is 6.59. The lowest BCUT2D eigenvalue weighted by Gasteiger charge is -2.19. The summed E-state index contributed by atoms with van der Waals surface area (Å²) in [4.78, 5) is 16.4. The molecule has 3 heteroatoms. The molecule has 0 aliphatic rings. The normalized spacial score (nSPS) is 11.6. The van der Waals surface area contributed by atoms with E-state index in [2.05, 4.69) is 25.8 Å². The van der Waals surface area contributed by atoms with E-state index in [4.69, 9.17) is 0 Å². The average molecular weight is 256 g/mol. The highest BCUT2D eigenvalue weighted by Crippen LogP contribution is 2.22. The van der Waals surface area contributed by atoms with Crippen LogP contribution in [0.3, 0.4) is 0 Å². The summed E-state index contributed by atoms with van der Waals surface area (Å²) in [7, 11) is 0. The molecule has 0 amide bonds. The van der Waals surface area contributed by atoms with E-state index in [1.165, 1.54) is 5.56 Å². The zero-order valence-electron chi connectivity index (χ0n) is 12.0. The van der Waals surface area contributed by atoms with Gasteiger partial charge in [0.25, 0.3) is 0 Å². The van der Waals surface area contributed by atoms with Gasteiger partial charge in [-0.2, -0.15) is 0 Å². The molecular weight excluding hydrogens is 236 g/mol. The quantitative estimate of drug-likeness (QED) is 0.789. The van der Waals surface area contributed by atoms with Crippen LogP contribution >= 0.6 is 0 Å². The Kier molecular flexibility index (Phi) is 3.56. The van der Waals surface area contributed by atoms with Gasteiger partial charge in [-0.05, 0) is 17.9 Å². The number of aromatic nitrogens is 2. The summed E-state index contributed by atoms with van der Waals surface area (Å²) in [6.45, 7) is 9.24. The number of rotatable bonds is 3. The number of carbonyl (C=O) groups excluding carboxylic acids is 1. The van der Waals surface area contributed by atoms with E-state index in [-0.39, 0.29) is 11.2 Å². The lowest BCUT2D eigenvalue weighted by molar-refractivity contribution is 0.103. The van der Waals surface area contributed by atoms with Crippen molar-refractivity contribution in [2.24, 2.45) is 0 Å². The number of hydrogen-bond acceptors (Lipinski definition) is 2. The molecule has 0 N–H and O–H groups in total. The summed E-state index contributed by atoms with van der Waals surface area (Å²) in [5.41, 5.74) is 2.69. The maximum absolute atomic E-state index is 12.4. The van der Waals surface area contributed by atoms with E-state index in [1.54, 1.807) is 12.5 Å². The molecule has 0 unspecified atom stereocenters. The molecule has 1 heterocycles. The molecule has 3 nitrogen and oxygen atoms in total. The molecule has 2 rings (SSSR count). The first-order chi connectivity index (χ1) is 8.93. The second kappa shape index (κ2) is 5.00. The standard InChI is InChI=1S/C16H20N2O/c1-5-18-11-17-10-14(18)15(19)12-6-8-13(9-7-12)16(2,3)4/h6-11H,5H2,1-4H3. The number of imidazole rings is 1. The van der Waals surface area contributed by atoms with Gasteiger partial charge in [0.05, 0.1) is 12.5 Å². The van der Waals surface area contributed by atoms with Crippen LogP contribution in [0.15, 0.2) is 36.8 Å². The van der Waals surface area contributed by atoms with E-state index < -0.39 is 0 Å². The Morgan fingerprint density at radius 1 is 1.21 bits per heavy atom. The van der Waals surface area contributed by atoms with Crippen LogP contribution < -0.4 is 0 Å². The number of nitrogens with zero attached hydrogens (tertiary/aromatic N) is 2. The minimum absolute atomic E-state index is 0.0276. The SMILES string of the molecule is CCn1cncc1C(=O)c1ccc(C(C)(C)C)cc1. The minimum Gasteiger partial charge on any atom is -0.328 e. The van der Waals surface area contributed by atoms with Gasteiger partial charge in [0.1, 0.15) is 5.69 Å². The molecule has 0 bridgehead atoms. The maximum atomic E-state index is 12.4. The maximum Gasteiger partial charge on any atom is 0.211 e. The second-order valence-corrected chi connectivity index (χ2v) is 5.72.